The molecule has 0 aliphatic carbocycles. The summed E-state index contributed by atoms with van der Waals surface area (Å²) in [7, 11) is 0. The number of fused-ring (bicyclic) bond motifs is 1. The van der Waals surface area contributed by atoms with Gasteiger partial charge in [0.25, 0.3) is 5.56 Å². The topological polar surface area (TPSA) is 89.1 Å². The number of rotatable bonds is 1. The molecular weight excluding hydrogens is 249 g/mol. The van der Waals surface area contributed by atoms with Crippen LogP contribution >= 0.6 is 0 Å². The molecule has 2 aromatic heterocycles. The molecule has 0 fully saturated rings. The molecule has 6 nitrogen and oxygen atoms in total. The van der Waals surface area contributed by atoms with E-state index in [2.05, 4.69) is 15.2 Å². The Balaban J connectivity index is 2.25. The van der Waals surface area contributed by atoms with E-state index in [1.54, 1.807) is 19.1 Å². The second-order valence-electron chi connectivity index (χ2n) is 4.18. The SMILES string of the molecule is Cc1cc(-c2cc(=O)n3c(N)n[nH]c3n2)ccc1F. The van der Waals surface area contributed by atoms with Gasteiger partial charge in [-0.15, -0.1) is 5.10 Å². The lowest BCUT2D eigenvalue weighted by atomic mass is 10.1. The second-order valence-corrected chi connectivity index (χ2v) is 4.18. The smallest absolute Gasteiger partial charge is 0.262 e. The monoisotopic (exact) mass is 259 g/mol. The largest absolute Gasteiger partial charge is 0.368 e. The normalized spacial score (nSPS) is 11.1. The van der Waals surface area contributed by atoms with Gasteiger partial charge in [0.15, 0.2) is 0 Å². The van der Waals surface area contributed by atoms with Crippen molar-refractivity contribution in [3.05, 3.63) is 46.0 Å². The molecule has 0 unspecified atom stereocenters. The number of H-pyrrole nitrogens is 1. The minimum absolute atomic E-state index is 0.0503. The molecule has 19 heavy (non-hydrogen) atoms. The van der Waals surface area contributed by atoms with Gasteiger partial charge in [0.05, 0.1) is 5.69 Å². The maximum atomic E-state index is 13.2. The van der Waals surface area contributed by atoms with Gasteiger partial charge >= 0.3 is 0 Å². The summed E-state index contributed by atoms with van der Waals surface area (Å²) in [4.78, 5) is 16.2. The maximum absolute atomic E-state index is 13.2. The van der Waals surface area contributed by atoms with Crippen LogP contribution in [0.5, 0.6) is 0 Å². The number of nitrogens with two attached hydrogens (primary N) is 1. The molecule has 0 aliphatic rings. The van der Waals surface area contributed by atoms with Crippen molar-refractivity contribution in [2.45, 2.75) is 6.92 Å². The van der Waals surface area contributed by atoms with Gasteiger partial charge in [0, 0.05) is 11.6 Å². The van der Waals surface area contributed by atoms with E-state index >= 15 is 0 Å². The van der Waals surface area contributed by atoms with E-state index in [0.29, 0.717) is 16.8 Å². The number of anilines is 1. The van der Waals surface area contributed by atoms with Crippen LogP contribution in [0.25, 0.3) is 17.0 Å². The first-order valence-electron chi connectivity index (χ1n) is 5.56. The number of aryl methyl sites for hydroxylation is 1. The Bertz CT molecular complexity index is 836. The van der Waals surface area contributed by atoms with Gasteiger partial charge < -0.3 is 5.73 Å². The predicted octanol–water partition coefficient (Wildman–Crippen LogP) is 1.11. The maximum Gasteiger partial charge on any atom is 0.262 e. The van der Waals surface area contributed by atoms with Gasteiger partial charge in [-0.3, -0.25) is 4.79 Å². The fourth-order valence-electron chi connectivity index (χ4n) is 1.89. The fourth-order valence-corrected chi connectivity index (χ4v) is 1.89. The van der Waals surface area contributed by atoms with Crippen molar-refractivity contribution in [1.29, 1.82) is 0 Å². The first kappa shape index (κ1) is 11.4. The van der Waals surface area contributed by atoms with E-state index < -0.39 is 0 Å². The van der Waals surface area contributed by atoms with E-state index in [1.165, 1.54) is 16.5 Å². The second kappa shape index (κ2) is 3.91. The molecule has 3 rings (SSSR count). The molecule has 0 saturated heterocycles. The quantitative estimate of drug-likeness (QED) is 0.685. The molecule has 0 saturated carbocycles. The molecule has 0 spiro atoms. The van der Waals surface area contributed by atoms with Crippen molar-refractivity contribution < 1.29 is 4.39 Å². The minimum atomic E-state index is -0.340. The van der Waals surface area contributed by atoms with Gasteiger partial charge in [-0.2, -0.15) is 0 Å². The predicted molar refractivity (Wildman–Crippen MR) is 68.2 cm³/mol. The molecule has 1 aromatic carbocycles. The minimum Gasteiger partial charge on any atom is -0.368 e. The summed E-state index contributed by atoms with van der Waals surface area (Å²) in [5.41, 5.74) is 6.79. The van der Waals surface area contributed by atoms with Crippen molar-refractivity contribution in [2.75, 3.05) is 5.73 Å². The Hall–Kier alpha value is -2.70. The van der Waals surface area contributed by atoms with Gasteiger partial charge in [-0.25, -0.2) is 18.9 Å². The summed E-state index contributed by atoms with van der Waals surface area (Å²) in [6.07, 6.45) is 0. The average Bonchev–Trinajstić information content (AvgIpc) is 2.75. The molecule has 2 heterocycles. The molecule has 7 heteroatoms. The molecule has 0 bridgehead atoms. The molecule has 0 radical (unpaired) electrons. The van der Waals surface area contributed by atoms with Crippen LogP contribution in [0, 0.1) is 12.7 Å². The van der Waals surface area contributed by atoms with Gasteiger partial charge in [-0.05, 0) is 30.7 Å². The molecular formula is C12H10FN5O. The molecule has 0 amide bonds. The lowest BCUT2D eigenvalue weighted by molar-refractivity contribution is 0.619. The van der Waals surface area contributed by atoms with Crippen LogP contribution < -0.4 is 11.3 Å². The summed E-state index contributed by atoms with van der Waals surface area (Å²) in [6.45, 7) is 1.65. The Morgan fingerprint density at radius 3 is 2.89 bits per heavy atom. The van der Waals surface area contributed by atoms with Gasteiger partial charge in [0.1, 0.15) is 5.82 Å². The first-order valence-corrected chi connectivity index (χ1v) is 5.56. The Morgan fingerprint density at radius 1 is 1.37 bits per heavy atom. The number of hydrogen-bond donors (Lipinski definition) is 2. The zero-order chi connectivity index (χ0) is 13.6. The van der Waals surface area contributed by atoms with Crippen molar-refractivity contribution in [3.63, 3.8) is 0 Å². The van der Waals surface area contributed by atoms with Gasteiger partial charge in [-0.1, -0.05) is 0 Å². The number of halogens is 1. The fraction of sp³-hybridized carbons (Fsp3) is 0.0833. The number of nitrogens with zero attached hydrogens (tertiary/aromatic N) is 3. The van der Waals surface area contributed by atoms with Crippen LogP contribution in [-0.2, 0) is 0 Å². The van der Waals surface area contributed by atoms with E-state index in [4.69, 9.17) is 5.73 Å². The van der Waals surface area contributed by atoms with Crippen molar-refractivity contribution >= 4 is 11.7 Å². The molecule has 96 valence electrons. The van der Waals surface area contributed by atoms with E-state index in [9.17, 15) is 9.18 Å². The zero-order valence-corrected chi connectivity index (χ0v) is 10.0. The number of benzene rings is 1. The first-order chi connectivity index (χ1) is 9.06. The highest BCUT2D eigenvalue weighted by Gasteiger charge is 2.09. The van der Waals surface area contributed by atoms with Crippen LogP contribution in [-0.4, -0.2) is 19.6 Å². The number of nitrogen functional groups attached to an aromatic ring is 1. The summed E-state index contributed by atoms with van der Waals surface area (Å²) in [5, 5.41) is 6.28. The van der Waals surface area contributed by atoms with Crippen LogP contribution in [0.2, 0.25) is 0 Å². The third-order valence-electron chi connectivity index (χ3n) is 2.87. The molecule has 3 aromatic rings. The van der Waals surface area contributed by atoms with Crippen molar-refractivity contribution in [2.24, 2.45) is 0 Å². The summed E-state index contributed by atoms with van der Waals surface area (Å²) >= 11 is 0. The summed E-state index contributed by atoms with van der Waals surface area (Å²) in [6, 6.07) is 5.88. The third-order valence-corrected chi connectivity index (χ3v) is 2.87. The average molecular weight is 259 g/mol. The van der Waals surface area contributed by atoms with Crippen LogP contribution in [0.1, 0.15) is 5.56 Å². The Morgan fingerprint density at radius 2 is 2.16 bits per heavy atom. The molecule has 3 N–H and O–H groups in total. The van der Waals surface area contributed by atoms with Crippen LogP contribution in [0.4, 0.5) is 10.3 Å². The molecule has 0 aliphatic heterocycles. The van der Waals surface area contributed by atoms with E-state index in [1.807, 2.05) is 0 Å². The van der Waals surface area contributed by atoms with Gasteiger partial charge in [0.2, 0.25) is 11.7 Å². The number of aromatic nitrogens is 4. The van der Waals surface area contributed by atoms with E-state index in [-0.39, 0.29) is 23.1 Å². The number of aromatic amines is 1. The highest BCUT2D eigenvalue weighted by Crippen LogP contribution is 2.19. The molecule has 0 atom stereocenters. The summed E-state index contributed by atoms with van der Waals surface area (Å²) < 4.78 is 14.4. The zero-order valence-electron chi connectivity index (χ0n) is 10.0. The van der Waals surface area contributed by atoms with Crippen LogP contribution in [0.3, 0.4) is 0 Å². The van der Waals surface area contributed by atoms with E-state index in [0.717, 1.165) is 0 Å². The third kappa shape index (κ3) is 1.75. The number of nitrogens with one attached hydrogen (secondary N) is 1. The summed E-state index contributed by atoms with van der Waals surface area (Å²) in [5.74, 6) is 0.00338. The van der Waals surface area contributed by atoms with Crippen molar-refractivity contribution in [3.8, 4) is 11.3 Å². The lowest BCUT2D eigenvalue weighted by Gasteiger charge is -2.03. The lowest BCUT2D eigenvalue weighted by Crippen LogP contribution is -2.15. The van der Waals surface area contributed by atoms with Crippen molar-refractivity contribution in [1.82, 2.24) is 19.6 Å². The van der Waals surface area contributed by atoms with Crippen LogP contribution in [0.15, 0.2) is 29.1 Å². The standard InChI is InChI=1S/C12H10FN5O/c1-6-4-7(2-3-8(6)13)9-5-10(19)18-11(14)16-17-12(18)15-9/h2-5H,1H3,(H2,14,16)(H,15,17). The highest BCUT2D eigenvalue weighted by molar-refractivity contribution is 5.61. The Labute approximate surface area is 106 Å². The number of hydrogen-bond acceptors (Lipinski definition) is 4. The Kier molecular flexibility index (Phi) is 2.34. The highest BCUT2D eigenvalue weighted by atomic mass is 19.1.